The summed E-state index contributed by atoms with van der Waals surface area (Å²) in [6, 6.07) is 22.7. The number of methoxy groups -OCH3 is 1. The van der Waals surface area contributed by atoms with E-state index in [4.69, 9.17) is 14.5 Å². The predicted octanol–water partition coefficient (Wildman–Crippen LogP) is 5.69. The van der Waals surface area contributed by atoms with Gasteiger partial charge in [-0.3, -0.25) is 9.69 Å². The molecule has 0 radical (unpaired) electrons. The first-order chi connectivity index (χ1) is 15.1. The molecular weight excluding hydrogens is 456 g/mol. The second-order valence-corrected chi connectivity index (χ2v) is 7.73. The van der Waals surface area contributed by atoms with Gasteiger partial charge in [-0.25, -0.2) is 4.99 Å². The molecule has 1 aliphatic rings. The van der Waals surface area contributed by atoms with Crippen LogP contribution in [0.5, 0.6) is 11.5 Å². The number of halogens is 1. The van der Waals surface area contributed by atoms with Crippen molar-refractivity contribution in [1.29, 1.82) is 0 Å². The number of hydrogen-bond acceptors (Lipinski definition) is 4. The Morgan fingerprint density at radius 3 is 2.35 bits per heavy atom. The van der Waals surface area contributed by atoms with E-state index in [2.05, 4.69) is 15.9 Å². The Hall–Kier alpha value is -3.38. The molecule has 1 aliphatic heterocycles. The first kappa shape index (κ1) is 20.9. The maximum absolute atomic E-state index is 13.4. The van der Waals surface area contributed by atoms with Gasteiger partial charge in [-0.2, -0.15) is 0 Å². The molecule has 3 aromatic rings. The van der Waals surface area contributed by atoms with E-state index < -0.39 is 0 Å². The van der Waals surface area contributed by atoms with Crippen LogP contribution in [-0.2, 0) is 4.79 Å². The third-order valence-electron chi connectivity index (χ3n) is 4.77. The lowest BCUT2D eigenvalue weighted by Crippen LogP contribution is -2.32. The molecule has 3 aromatic carbocycles. The molecule has 4 rings (SSSR count). The first-order valence-electron chi connectivity index (χ1n) is 9.86. The zero-order chi connectivity index (χ0) is 21.8. The van der Waals surface area contributed by atoms with Gasteiger partial charge < -0.3 is 9.47 Å². The summed E-state index contributed by atoms with van der Waals surface area (Å²) in [5, 5.41) is 0. The second kappa shape index (κ2) is 9.18. The highest BCUT2D eigenvalue weighted by Gasteiger charge is 2.32. The summed E-state index contributed by atoms with van der Waals surface area (Å²) in [4.78, 5) is 19.7. The van der Waals surface area contributed by atoms with Gasteiger partial charge in [0.2, 0.25) is 0 Å². The summed E-state index contributed by atoms with van der Waals surface area (Å²) in [5.41, 5.74) is 2.81. The number of carbonyl (C=O) groups excluding carboxylic acids is 1. The van der Waals surface area contributed by atoms with Gasteiger partial charge in [-0.15, -0.1) is 0 Å². The molecule has 0 bridgehead atoms. The molecule has 0 spiro atoms. The Balaban J connectivity index is 1.75. The van der Waals surface area contributed by atoms with Crippen LogP contribution < -0.4 is 14.4 Å². The number of ether oxygens (including phenoxy) is 2. The highest BCUT2D eigenvalue weighted by Crippen LogP contribution is 2.30. The maximum atomic E-state index is 13.4. The molecule has 31 heavy (non-hydrogen) atoms. The maximum Gasteiger partial charge on any atom is 0.282 e. The number of rotatable bonds is 6. The van der Waals surface area contributed by atoms with Crippen LogP contribution in [0, 0.1) is 0 Å². The minimum absolute atomic E-state index is 0.183. The fourth-order valence-electron chi connectivity index (χ4n) is 3.29. The van der Waals surface area contributed by atoms with Gasteiger partial charge in [0, 0.05) is 10.0 Å². The molecule has 0 saturated heterocycles. The van der Waals surface area contributed by atoms with Crippen molar-refractivity contribution in [3.63, 3.8) is 0 Å². The summed E-state index contributed by atoms with van der Waals surface area (Å²) in [5.74, 6) is 1.93. The van der Waals surface area contributed by atoms with Crippen molar-refractivity contribution >= 4 is 39.4 Å². The summed E-state index contributed by atoms with van der Waals surface area (Å²) < 4.78 is 11.6. The Labute approximate surface area is 189 Å². The van der Waals surface area contributed by atoms with Crippen LogP contribution in [-0.4, -0.2) is 25.5 Å². The first-order valence-corrected chi connectivity index (χ1v) is 10.7. The van der Waals surface area contributed by atoms with Crippen LogP contribution >= 0.6 is 15.9 Å². The zero-order valence-electron chi connectivity index (χ0n) is 17.2. The van der Waals surface area contributed by atoms with Crippen LogP contribution in [0.4, 0.5) is 5.69 Å². The molecule has 0 fully saturated rings. The van der Waals surface area contributed by atoms with E-state index in [1.165, 1.54) is 0 Å². The van der Waals surface area contributed by atoms with Gasteiger partial charge in [0.1, 0.15) is 23.0 Å². The lowest BCUT2D eigenvalue weighted by atomic mass is 10.1. The van der Waals surface area contributed by atoms with E-state index in [9.17, 15) is 4.79 Å². The van der Waals surface area contributed by atoms with Gasteiger partial charge in [0.15, 0.2) is 0 Å². The number of carbonyl (C=O) groups is 1. The summed E-state index contributed by atoms with van der Waals surface area (Å²) in [7, 11) is 1.62. The van der Waals surface area contributed by atoms with Gasteiger partial charge in [0.05, 0.1) is 19.4 Å². The summed E-state index contributed by atoms with van der Waals surface area (Å²) in [6.45, 7) is 2.55. The van der Waals surface area contributed by atoms with Gasteiger partial charge >= 0.3 is 0 Å². The molecule has 0 atom stereocenters. The number of amides is 1. The van der Waals surface area contributed by atoms with Crippen LogP contribution in [0.3, 0.4) is 0 Å². The Kier molecular flexibility index (Phi) is 6.18. The Bertz CT molecular complexity index is 1150. The van der Waals surface area contributed by atoms with E-state index >= 15 is 0 Å². The van der Waals surface area contributed by atoms with Crippen LogP contribution in [0.15, 0.2) is 88.0 Å². The fourth-order valence-corrected chi connectivity index (χ4v) is 3.68. The Morgan fingerprint density at radius 1 is 1.00 bits per heavy atom. The summed E-state index contributed by atoms with van der Waals surface area (Å²) >= 11 is 3.49. The van der Waals surface area contributed by atoms with Crippen molar-refractivity contribution in [3.8, 4) is 11.5 Å². The number of nitrogens with zero attached hydrogens (tertiary/aromatic N) is 2. The monoisotopic (exact) mass is 476 g/mol. The normalized spacial score (nSPS) is 14.7. The lowest BCUT2D eigenvalue weighted by molar-refractivity contribution is -0.113. The van der Waals surface area contributed by atoms with Crippen molar-refractivity contribution in [2.75, 3.05) is 18.6 Å². The van der Waals surface area contributed by atoms with Crippen LogP contribution in [0.2, 0.25) is 0 Å². The SMILES string of the molecule is CCOc1ccc(/C=C2/N=C(c3ccc(OC)cc3)N(c3cccc(Br)c3)C2=O)cc1. The zero-order valence-corrected chi connectivity index (χ0v) is 18.8. The molecular formula is C25H21BrN2O3. The Morgan fingerprint density at radius 2 is 1.71 bits per heavy atom. The number of hydrogen-bond donors (Lipinski definition) is 0. The number of aliphatic imine (C=N–C) groups is 1. The standard InChI is InChI=1S/C25H21BrN2O3/c1-3-31-22-11-7-17(8-12-22)15-23-25(29)28(20-6-4-5-19(26)16-20)24(27-23)18-9-13-21(30-2)14-10-18/h4-16H,3H2,1-2H3/b23-15+. The molecule has 5 nitrogen and oxygen atoms in total. The lowest BCUT2D eigenvalue weighted by Gasteiger charge is -2.19. The van der Waals surface area contributed by atoms with Gasteiger partial charge in [0.25, 0.3) is 5.91 Å². The molecule has 6 heteroatoms. The number of benzene rings is 3. The molecule has 0 unspecified atom stereocenters. The van der Waals surface area contributed by atoms with Crippen molar-refractivity contribution in [2.24, 2.45) is 4.99 Å². The average molecular weight is 477 g/mol. The molecule has 0 aliphatic carbocycles. The van der Waals surface area contributed by atoms with E-state index in [0.717, 1.165) is 32.8 Å². The van der Waals surface area contributed by atoms with E-state index in [1.54, 1.807) is 18.1 Å². The molecule has 0 aromatic heterocycles. The third kappa shape index (κ3) is 4.54. The second-order valence-electron chi connectivity index (χ2n) is 6.82. The number of amidine groups is 1. The van der Waals surface area contributed by atoms with E-state index in [0.29, 0.717) is 18.1 Å². The number of anilines is 1. The molecule has 1 amide bonds. The van der Waals surface area contributed by atoms with Gasteiger partial charge in [-0.1, -0.05) is 34.1 Å². The quantitative estimate of drug-likeness (QED) is 0.429. The van der Waals surface area contributed by atoms with Crippen molar-refractivity contribution < 1.29 is 14.3 Å². The van der Waals surface area contributed by atoms with Crippen LogP contribution in [0.25, 0.3) is 6.08 Å². The topological polar surface area (TPSA) is 51.1 Å². The predicted molar refractivity (Wildman–Crippen MR) is 127 cm³/mol. The van der Waals surface area contributed by atoms with E-state index in [1.807, 2.05) is 79.7 Å². The van der Waals surface area contributed by atoms with Crippen molar-refractivity contribution in [2.45, 2.75) is 6.92 Å². The molecule has 1 heterocycles. The smallest absolute Gasteiger partial charge is 0.282 e. The van der Waals surface area contributed by atoms with Gasteiger partial charge in [-0.05, 0) is 73.2 Å². The molecule has 0 saturated carbocycles. The van der Waals surface area contributed by atoms with Crippen molar-refractivity contribution in [3.05, 3.63) is 94.1 Å². The molecule has 0 N–H and O–H groups in total. The third-order valence-corrected chi connectivity index (χ3v) is 5.26. The highest BCUT2D eigenvalue weighted by atomic mass is 79.9. The minimum atomic E-state index is -0.183. The average Bonchev–Trinajstić information content (AvgIpc) is 3.11. The minimum Gasteiger partial charge on any atom is -0.497 e. The molecule has 156 valence electrons. The van der Waals surface area contributed by atoms with Crippen LogP contribution in [0.1, 0.15) is 18.1 Å². The fraction of sp³-hybridized carbons (Fsp3) is 0.120. The highest BCUT2D eigenvalue weighted by molar-refractivity contribution is 9.10. The largest absolute Gasteiger partial charge is 0.497 e. The van der Waals surface area contributed by atoms with Crippen molar-refractivity contribution in [1.82, 2.24) is 0 Å². The summed E-state index contributed by atoms with van der Waals surface area (Å²) in [6.07, 6.45) is 1.79. The van der Waals surface area contributed by atoms with E-state index in [-0.39, 0.29) is 5.91 Å².